The predicted octanol–water partition coefficient (Wildman–Crippen LogP) is 3.18. The van der Waals surface area contributed by atoms with Crippen molar-refractivity contribution in [1.29, 1.82) is 0 Å². The van der Waals surface area contributed by atoms with E-state index in [0.717, 1.165) is 22.8 Å². The maximum atomic E-state index is 10.7. The van der Waals surface area contributed by atoms with Gasteiger partial charge in [-0.3, -0.25) is 0 Å². The van der Waals surface area contributed by atoms with Gasteiger partial charge >= 0.3 is 5.97 Å². The van der Waals surface area contributed by atoms with Gasteiger partial charge in [-0.1, -0.05) is 6.07 Å². The van der Waals surface area contributed by atoms with E-state index in [1.165, 1.54) is 13.2 Å². The Morgan fingerprint density at radius 2 is 1.96 bits per heavy atom. The highest BCUT2D eigenvalue weighted by Gasteiger charge is 2.28. The molecule has 25 heavy (non-hydrogen) atoms. The van der Waals surface area contributed by atoms with Crippen LogP contribution in [0.4, 0.5) is 0 Å². The van der Waals surface area contributed by atoms with Crippen LogP contribution < -0.4 is 14.2 Å². The third kappa shape index (κ3) is 3.38. The second kappa shape index (κ2) is 6.76. The van der Waals surface area contributed by atoms with Gasteiger partial charge in [0.15, 0.2) is 23.0 Å². The first-order valence-electron chi connectivity index (χ1n) is 7.67. The SMILES string of the molecule is COc1cc(C2Cc3cc(/C=C/C(=O)O)cc(OC)c3O2)ccc1O. The second-order valence-electron chi connectivity index (χ2n) is 5.62. The average Bonchev–Trinajstić information content (AvgIpc) is 3.03. The number of rotatable bonds is 5. The number of aliphatic carboxylic acids is 1. The molecule has 0 bridgehead atoms. The molecule has 0 aromatic heterocycles. The summed E-state index contributed by atoms with van der Waals surface area (Å²) in [6.45, 7) is 0. The second-order valence-corrected chi connectivity index (χ2v) is 5.62. The number of aromatic hydroxyl groups is 1. The summed E-state index contributed by atoms with van der Waals surface area (Å²) in [5.74, 6) is 0.641. The van der Waals surface area contributed by atoms with Crippen molar-refractivity contribution < 1.29 is 29.2 Å². The summed E-state index contributed by atoms with van der Waals surface area (Å²) in [7, 11) is 3.04. The number of carbonyl (C=O) groups is 1. The minimum Gasteiger partial charge on any atom is -0.504 e. The van der Waals surface area contributed by atoms with Gasteiger partial charge in [0.25, 0.3) is 0 Å². The molecule has 0 amide bonds. The van der Waals surface area contributed by atoms with Gasteiger partial charge in [-0.25, -0.2) is 4.79 Å². The molecule has 6 heteroatoms. The fraction of sp³-hybridized carbons (Fsp3) is 0.211. The molecule has 2 aromatic carbocycles. The van der Waals surface area contributed by atoms with Gasteiger partial charge in [-0.05, 0) is 41.5 Å². The number of carboxylic acid groups (broad SMARTS) is 1. The number of benzene rings is 2. The summed E-state index contributed by atoms with van der Waals surface area (Å²) in [6.07, 6.45) is 2.97. The van der Waals surface area contributed by atoms with E-state index >= 15 is 0 Å². The van der Waals surface area contributed by atoms with Crippen LogP contribution in [0.15, 0.2) is 36.4 Å². The molecule has 6 nitrogen and oxygen atoms in total. The highest BCUT2D eigenvalue weighted by atomic mass is 16.5. The molecule has 2 N–H and O–H groups in total. The van der Waals surface area contributed by atoms with Crippen LogP contribution in [0.2, 0.25) is 0 Å². The Bertz CT molecular complexity index is 840. The first-order valence-corrected chi connectivity index (χ1v) is 7.67. The van der Waals surface area contributed by atoms with Crippen molar-refractivity contribution in [3.63, 3.8) is 0 Å². The highest BCUT2D eigenvalue weighted by Crippen LogP contribution is 2.45. The number of phenolic OH excluding ortho intramolecular Hbond substituents is 1. The normalized spacial score (nSPS) is 15.7. The lowest BCUT2D eigenvalue weighted by molar-refractivity contribution is -0.131. The number of hydrogen-bond acceptors (Lipinski definition) is 5. The number of fused-ring (bicyclic) bond motifs is 1. The van der Waals surface area contributed by atoms with Gasteiger partial charge in [-0.15, -0.1) is 0 Å². The van der Waals surface area contributed by atoms with Crippen LogP contribution >= 0.6 is 0 Å². The molecule has 0 aliphatic carbocycles. The van der Waals surface area contributed by atoms with E-state index in [-0.39, 0.29) is 11.9 Å². The number of phenols is 1. The standard InChI is InChI=1S/C19H18O6/c1-23-16-9-12(4-5-14(16)20)15-10-13-7-11(3-6-18(21)22)8-17(24-2)19(13)25-15/h3-9,15,20H,10H2,1-2H3,(H,21,22)/b6-3+. The molecule has 1 heterocycles. The van der Waals surface area contributed by atoms with Crippen LogP contribution in [0.5, 0.6) is 23.0 Å². The maximum Gasteiger partial charge on any atom is 0.328 e. The first-order chi connectivity index (χ1) is 12.0. The number of ether oxygens (including phenoxy) is 3. The topological polar surface area (TPSA) is 85.2 Å². The molecular weight excluding hydrogens is 324 g/mol. The molecule has 1 atom stereocenters. The molecule has 0 saturated carbocycles. The van der Waals surface area contributed by atoms with E-state index in [2.05, 4.69) is 0 Å². The minimum absolute atomic E-state index is 0.0698. The molecule has 1 unspecified atom stereocenters. The Morgan fingerprint density at radius 3 is 2.64 bits per heavy atom. The fourth-order valence-electron chi connectivity index (χ4n) is 2.85. The molecule has 0 radical (unpaired) electrons. The largest absolute Gasteiger partial charge is 0.504 e. The molecule has 2 aromatic rings. The smallest absolute Gasteiger partial charge is 0.328 e. The van der Waals surface area contributed by atoms with Crippen molar-refractivity contribution in [1.82, 2.24) is 0 Å². The van der Waals surface area contributed by atoms with Crippen molar-refractivity contribution in [2.75, 3.05) is 14.2 Å². The summed E-state index contributed by atoms with van der Waals surface area (Å²) in [5, 5.41) is 18.5. The highest BCUT2D eigenvalue weighted by molar-refractivity contribution is 5.85. The Hall–Kier alpha value is -3.15. The summed E-state index contributed by atoms with van der Waals surface area (Å²) < 4.78 is 16.6. The lowest BCUT2D eigenvalue weighted by atomic mass is 10.0. The van der Waals surface area contributed by atoms with Crippen LogP contribution in [0.25, 0.3) is 6.08 Å². The lowest BCUT2D eigenvalue weighted by Gasteiger charge is -2.14. The molecular formula is C19H18O6. The zero-order valence-corrected chi connectivity index (χ0v) is 13.9. The Kier molecular flexibility index (Phi) is 4.52. The molecule has 1 aliphatic heterocycles. The Labute approximate surface area is 144 Å². The zero-order valence-electron chi connectivity index (χ0n) is 13.9. The van der Waals surface area contributed by atoms with Gasteiger partial charge in [0.05, 0.1) is 14.2 Å². The summed E-state index contributed by atoms with van der Waals surface area (Å²) >= 11 is 0. The van der Waals surface area contributed by atoms with Crippen LogP contribution in [-0.2, 0) is 11.2 Å². The summed E-state index contributed by atoms with van der Waals surface area (Å²) in [4.78, 5) is 10.7. The molecule has 0 spiro atoms. The predicted molar refractivity (Wildman–Crippen MR) is 91.4 cm³/mol. The van der Waals surface area contributed by atoms with Crippen LogP contribution in [0.3, 0.4) is 0 Å². The summed E-state index contributed by atoms with van der Waals surface area (Å²) in [6, 6.07) is 8.71. The van der Waals surface area contributed by atoms with E-state index in [4.69, 9.17) is 19.3 Å². The monoisotopic (exact) mass is 342 g/mol. The first kappa shape index (κ1) is 16.7. The number of methoxy groups -OCH3 is 2. The van der Waals surface area contributed by atoms with Crippen molar-refractivity contribution in [2.24, 2.45) is 0 Å². The third-order valence-corrected chi connectivity index (χ3v) is 4.03. The van der Waals surface area contributed by atoms with Gasteiger partial charge in [-0.2, -0.15) is 0 Å². The van der Waals surface area contributed by atoms with Crippen LogP contribution in [0, 0.1) is 0 Å². The van der Waals surface area contributed by atoms with E-state index in [9.17, 15) is 9.90 Å². The zero-order chi connectivity index (χ0) is 18.0. The van der Waals surface area contributed by atoms with Crippen molar-refractivity contribution in [2.45, 2.75) is 12.5 Å². The Balaban J connectivity index is 1.92. The molecule has 0 fully saturated rings. The van der Waals surface area contributed by atoms with Gasteiger partial charge in [0.1, 0.15) is 6.10 Å². The van der Waals surface area contributed by atoms with Gasteiger partial charge < -0.3 is 24.4 Å². The number of carboxylic acids is 1. The third-order valence-electron chi connectivity index (χ3n) is 4.03. The molecule has 0 saturated heterocycles. The van der Waals surface area contributed by atoms with E-state index in [1.54, 1.807) is 31.4 Å². The number of hydrogen-bond donors (Lipinski definition) is 2. The van der Waals surface area contributed by atoms with Crippen molar-refractivity contribution in [3.05, 3.63) is 53.1 Å². The van der Waals surface area contributed by atoms with Crippen molar-refractivity contribution >= 4 is 12.0 Å². The van der Waals surface area contributed by atoms with E-state index in [0.29, 0.717) is 23.7 Å². The Morgan fingerprint density at radius 1 is 1.20 bits per heavy atom. The van der Waals surface area contributed by atoms with Gasteiger partial charge in [0.2, 0.25) is 0 Å². The van der Waals surface area contributed by atoms with Gasteiger partial charge in [0, 0.05) is 18.1 Å². The lowest BCUT2D eigenvalue weighted by Crippen LogP contribution is -2.03. The summed E-state index contributed by atoms with van der Waals surface area (Å²) in [5.41, 5.74) is 2.53. The van der Waals surface area contributed by atoms with Crippen LogP contribution in [-0.4, -0.2) is 30.4 Å². The quantitative estimate of drug-likeness (QED) is 0.812. The minimum atomic E-state index is -1.01. The average molecular weight is 342 g/mol. The van der Waals surface area contributed by atoms with Crippen molar-refractivity contribution in [3.8, 4) is 23.0 Å². The van der Waals surface area contributed by atoms with E-state index in [1.807, 2.05) is 6.07 Å². The molecule has 1 aliphatic rings. The molecule has 3 rings (SSSR count). The van der Waals surface area contributed by atoms with E-state index < -0.39 is 5.97 Å². The maximum absolute atomic E-state index is 10.7. The molecule has 130 valence electrons. The van der Waals surface area contributed by atoms with Crippen LogP contribution in [0.1, 0.15) is 22.8 Å². The fourth-order valence-corrected chi connectivity index (χ4v) is 2.85.